The van der Waals surface area contributed by atoms with Gasteiger partial charge in [-0.25, -0.2) is 0 Å². The highest BCUT2D eigenvalue weighted by atomic mass is 16.9. The highest BCUT2D eigenvalue weighted by Gasteiger charge is 2.40. The summed E-state index contributed by atoms with van der Waals surface area (Å²) in [6, 6.07) is 0. The molecule has 1 rings (SSSR count). The maximum Gasteiger partial charge on any atom is 0.309 e. The molecule has 0 aromatic heterocycles. The second-order valence-electron chi connectivity index (χ2n) is 3.99. The van der Waals surface area contributed by atoms with Crippen molar-refractivity contribution < 1.29 is 14.2 Å². The van der Waals surface area contributed by atoms with Crippen LogP contribution in [0.2, 0.25) is 0 Å². The molecule has 0 aromatic rings. The molecule has 94 valence electrons. The summed E-state index contributed by atoms with van der Waals surface area (Å²) in [6.45, 7) is 5.73. The second kappa shape index (κ2) is 6.23. The molecule has 0 bridgehead atoms. The number of hydrogen-bond donors (Lipinski definition) is 0. The maximum atomic E-state index is 5.72. The Hall–Kier alpha value is -0.580. The highest BCUT2D eigenvalue weighted by molar-refractivity contribution is 5.11. The third-order valence-electron chi connectivity index (χ3n) is 2.36. The zero-order valence-electron chi connectivity index (χ0n) is 10.8. The summed E-state index contributed by atoms with van der Waals surface area (Å²) < 4.78 is 17.1. The minimum Gasteiger partial charge on any atom is -0.383 e. The van der Waals surface area contributed by atoms with Gasteiger partial charge in [0.2, 0.25) is 0 Å². The number of hydrogen-bond acceptors (Lipinski definition) is 4. The quantitative estimate of drug-likeness (QED) is 0.674. The van der Waals surface area contributed by atoms with Gasteiger partial charge in [-0.15, -0.1) is 0 Å². The van der Waals surface area contributed by atoms with E-state index in [0.29, 0.717) is 19.8 Å². The van der Waals surface area contributed by atoms with Crippen molar-refractivity contribution in [1.29, 1.82) is 0 Å². The Morgan fingerprint density at radius 3 is 2.44 bits per heavy atom. The lowest BCUT2D eigenvalue weighted by molar-refractivity contribution is -0.362. The van der Waals surface area contributed by atoms with Crippen LogP contribution in [-0.2, 0) is 14.2 Å². The van der Waals surface area contributed by atoms with E-state index in [-0.39, 0.29) is 0 Å². The van der Waals surface area contributed by atoms with Gasteiger partial charge >= 0.3 is 5.97 Å². The van der Waals surface area contributed by atoms with E-state index in [9.17, 15) is 0 Å². The Balaban J connectivity index is 2.89. The Bertz CT molecular complexity index is 227. The molecule has 0 N–H and O–H groups in total. The van der Waals surface area contributed by atoms with Crippen LogP contribution in [0.1, 0.15) is 26.7 Å². The first kappa shape index (κ1) is 13.5. The fourth-order valence-corrected chi connectivity index (χ4v) is 1.86. The van der Waals surface area contributed by atoms with Crippen molar-refractivity contribution in [2.24, 2.45) is 0 Å². The van der Waals surface area contributed by atoms with Gasteiger partial charge in [0.05, 0.1) is 6.61 Å². The lowest BCUT2D eigenvalue weighted by atomic mass is 10.1. The van der Waals surface area contributed by atoms with Gasteiger partial charge in [-0.2, -0.15) is 0 Å². The highest BCUT2D eigenvalue weighted by Crippen LogP contribution is 2.33. The molecular weight excluding hydrogens is 206 g/mol. The predicted molar refractivity (Wildman–Crippen MR) is 62.9 cm³/mol. The number of ether oxygens (including phenoxy) is 3. The molecule has 0 spiro atoms. The summed E-state index contributed by atoms with van der Waals surface area (Å²) in [6.07, 6.45) is 4.00. The zero-order chi connectivity index (χ0) is 12.0. The zero-order valence-corrected chi connectivity index (χ0v) is 10.8. The summed E-state index contributed by atoms with van der Waals surface area (Å²) in [4.78, 5) is 2.00. The van der Waals surface area contributed by atoms with Crippen LogP contribution < -0.4 is 0 Å². The molecule has 1 fully saturated rings. The fraction of sp³-hybridized carbons (Fsp3) is 0.833. The molecule has 0 unspecified atom stereocenters. The second-order valence-corrected chi connectivity index (χ2v) is 3.99. The van der Waals surface area contributed by atoms with E-state index in [4.69, 9.17) is 14.2 Å². The van der Waals surface area contributed by atoms with Crippen LogP contribution in [0.25, 0.3) is 0 Å². The van der Waals surface area contributed by atoms with Gasteiger partial charge in [0.15, 0.2) is 0 Å². The molecule has 0 aromatic carbocycles. The molecule has 4 heteroatoms. The van der Waals surface area contributed by atoms with E-state index in [1.807, 2.05) is 39.0 Å². The van der Waals surface area contributed by atoms with Crippen LogP contribution in [0.3, 0.4) is 0 Å². The van der Waals surface area contributed by atoms with Gasteiger partial charge in [-0.05, 0) is 26.7 Å². The summed E-state index contributed by atoms with van der Waals surface area (Å²) in [7, 11) is 3.98. The normalized spacial score (nSPS) is 22.4. The smallest absolute Gasteiger partial charge is 0.309 e. The Labute approximate surface area is 98.2 Å². The molecule has 0 amide bonds. The molecular formula is C12H23NO3. The molecule has 1 aliphatic rings. The SMILES string of the molecule is CCOC1(OCC)OCCCC1=CN(C)C. The van der Waals surface area contributed by atoms with Gasteiger partial charge in [0.25, 0.3) is 0 Å². The standard InChI is InChI=1S/C12H23NO3/c1-5-14-12(15-6-2)11(10-13(3)4)8-7-9-16-12/h10H,5-9H2,1-4H3. The van der Waals surface area contributed by atoms with Crippen molar-refractivity contribution in [3.63, 3.8) is 0 Å². The average Bonchev–Trinajstić information content (AvgIpc) is 2.22. The average molecular weight is 229 g/mol. The molecule has 16 heavy (non-hydrogen) atoms. The number of rotatable bonds is 5. The lowest BCUT2D eigenvalue weighted by Gasteiger charge is -2.38. The molecule has 4 nitrogen and oxygen atoms in total. The third-order valence-corrected chi connectivity index (χ3v) is 2.36. The summed E-state index contributed by atoms with van der Waals surface area (Å²) in [5.74, 6) is -0.952. The molecule has 0 aliphatic carbocycles. The van der Waals surface area contributed by atoms with Gasteiger partial charge in [-0.3, -0.25) is 0 Å². The van der Waals surface area contributed by atoms with E-state index < -0.39 is 5.97 Å². The van der Waals surface area contributed by atoms with E-state index in [0.717, 1.165) is 18.4 Å². The Morgan fingerprint density at radius 1 is 1.31 bits per heavy atom. The van der Waals surface area contributed by atoms with Crippen molar-refractivity contribution in [1.82, 2.24) is 4.90 Å². The van der Waals surface area contributed by atoms with Crippen molar-refractivity contribution in [2.45, 2.75) is 32.7 Å². The van der Waals surface area contributed by atoms with Gasteiger partial charge in [0, 0.05) is 39.1 Å². The first-order valence-electron chi connectivity index (χ1n) is 5.94. The van der Waals surface area contributed by atoms with Crippen LogP contribution in [0.15, 0.2) is 11.8 Å². The molecule has 0 atom stereocenters. The van der Waals surface area contributed by atoms with Crippen LogP contribution >= 0.6 is 0 Å². The minimum absolute atomic E-state index is 0.574. The van der Waals surface area contributed by atoms with Gasteiger partial charge in [0.1, 0.15) is 0 Å². The maximum absolute atomic E-state index is 5.72. The molecule has 0 saturated carbocycles. The minimum atomic E-state index is -0.952. The first-order valence-corrected chi connectivity index (χ1v) is 5.94. The summed E-state index contributed by atoms with van der Waals surface area (Å²) in [5.41, 5.74) is 1.06. The topological polar surface area (TPSA) is 30.9 Å². The van der Waals surface area contributed by atoms with E-state index in [1.54, 1.807) is 0 Å². The van der Waals surface area contributed by atoms with E-state index in [2.05, 4.69) is 0 Å². The largest absolute Gasteiger partial charge is 0.383 e. The van der Waals surface area contributed by atoms with Crippen molar-refractivity contribution in [3.8, 4) is 0 Å². The molecule has 1 aliphatic heterocycles. The first-order chi connectivity index (χ1) is 7.64. The van der Waals surface area contributed by atoms with Crippen LogP contribution in [0, 0.1) is 0 Å². The predicted octanol–water partition coefficient (Wildman–Crippen LogP) is 1.97. The Morgan fingerprint density at radius 2 is 1.94 bits per heavy atom. The third kappa shape index (κ3) is 3.20. The molecule has 0 radical (unpaired) electrons. The molecule has 1 heterocycles. The van der Waals surface area contributed by atoms with Crippen molar-refractivity contribution >= 4 is 0 Å². The van der Waals surface area contributed by atoms with Crippen molar-refractivity contribution in [3.05, 3.63) is 11.8 Å². The van der Waals surface area contributed by atoms with E-state index in [1.165, 1.54) is 0 Å². The Kier molecular flexibility index (Phi) is 5.25. The van der Waals surface area contributed by atoms with Crippen LogP contribution in [0.5, 0.6) is 0 Å². The summed E-state index contributed by atoms with van der Waals surface area (Å²) in [5, 5.41) is 0. The fourth-order valence-electron chi connectivity index (χ4n) is 1.86. The van der Waals surface area contributed by atoms with E-state index >= 15 is 0 Å². The van der Waals surface area contributed by atoms with Crippen LogP contribution in [-0.4, -0.2) is 44.8 Å². The van der Waals surface area contributed by atoms with Crippen molar-refractivity contribution in [2.75, 3.05) is 33.9 Å². The number of nitrogens with zero attached hydrogens (tertiary/aromatic N) is 1. The van der Waals surface area contributed by atoms with Gasteiger partial charge < -0.3 is 19.1 Å². The lowest BCUT2D eigenvalue weighted by Crippen LogP contribution is -2.44. The van der Waals surface area contributed by atoms with Gasteiger partial charge in [-0.1, -0.05) is 0 Å². The summed E-state index contributed by atoms with van der Waals surface area (Å²) >= 11 is 0. The monoisotopic (exact) mass is 229 g/mol. The molecule has 1 saturated heterocycles. The van der Waals surface area contributed by atoms with Crippen LogP contribution in [0.4, 0.5) is 0 Å².